The fourth-order valence-electron chi connectivity index (χ4n) is 1.35. The molecule has 19 heavy (non-hydrogen) atoms. The lowest BCUT2D eigenvalue weighted by molar-refractivity contribution is 0.0957. The van der Waals surface area contributed by atoms with Gasteiger partial charge in [0.15, 0.2) is 0 Å². The second kappa shape index (κ2) is 8.86. The van der Waals surface area contributed by atoms with Gasteiger partial charge in [0.1, 0.15) is 4.88 Å². The number of carbonyl (C=O) groups excluding carboxylic acids is 1. The number of hydrogen-bond donors (Lipinski definition) is 2. The highest BCUT2D eigenvalue weighted by Gasteiger charge is 2.11. The van der Waals surface area contributed by atoms with Crippen LogP contribution in [0.15, 0.2) is 11.4 Å². The first-order valence-corrected chi connectivity index (χ1v) is 8.51. The SMILES string of the molecule is CS(=O)CCCNC(=O)c1sccc1C#CCCO. The molecule has 0 aromatic carbocycles. The zero-order valence-electron chi connectivity index (χ0n) is 10.8. The number of carbonyl (C=O) groups is 1. The smallest absolute Gasteiger partial charge is 0.262 e. The van der Waals surface area contributed by atoms with E-state index in [4.69, 9.17) is 5.11 Å². The van der Waals surface area contributed by atoms with Crippen LogP contribution in [0.3, 0.4) is 0 Å². The molecule has 0 aliphatic carbocycles. The van der Waals surface area contributed by atoms with E-state index >= 15 is 0 Å². The van der Waals surface area contributed by atoms with Gasteiger partial charge in [-0.1, -0.05) is 11.8 Å². The van der Waals surface area contributed by atoms with Crippen LogP contribution in [-0.4, -0.2) is 40.4 Å². The lowest BCUT2D eigenvalue weighted by Gasteiger charge is -2.03. The fraction of sp³-hybridized carbons (Fsp3) is 0.462. The molecule has 0 fully saturated rings. The van der Waals surface area contributed by atoms with Crippen LogP contribution in [0.4, 0.5) is 0 Å². The molecule has 2 N–H and O–H groups in total. The molecule has 0 bridgehead atoms. The summed E-state index contributed by atoms with van der Waals surface area (Å²) in [7, 11) is -0.822. The minimum atomic E-state index is -0.822. The second-order valence-electron chi connectivity index (χ2n) is 3.83. The standard InChI is InChI=1S/C13H17NO3S2/c1-19(17)10-4-7-14-13(16)12-11(6-9-18-12)5-2-3-8-15/h6,9,15H,3-4,7-8,10H2,1H3,(H,14,16). The summed E-state index contributed by atoms with van der Waals surface area (Å²) in [5.74, 6) is 6.12. The van der Waals surface area contributed by atoms with Crippen molar-refractivity contribution >= 4 is 28.0 Å². The summed E-state index contributed by atoms with van der Waals surface area (Å²) in [5, 5.41) is 13.3. The zero-order chi connectivity index (χ0) is 14.1. The molecule has 0 saturated carbocycles. The number of hydrogen-bond acceptors (Lipinski definition) is 4. The van der Waals surface area contributed by atoms with Crippen molar-refractivity contribution < 1.29 is 14.1 Å². The molecule has 4 nitrogen and oxygen atoms in total. The van der Waals surface area contributed by atoms with E-state index in [0.29, 0.717) is 35.6 Å². The molecule has 6 heteroatoms. The summed E-state index contributed by atoms with van der Waals surface area (Å²) in [6.07, 6.45) is 2.75. The van der Waals surface area contributed by atoms with Crippen molar-refractivity contribution in [2.24, 2.45) is 0 Å². The van der Waals surface area contributed by atoms with Crippen LogP contribution in [0, 0.1) is 11.8 Å². The molecule has 0 aliphatic rings. The van der Waals surface area contributed by atoms with Crippen LogP contribution in [0.2, 0.25) is 0 Å². The Morgan fingerprint density at radius 1 is 1.58 bits per heavy atom. The highest BCUT2D eigenvalue weighted by Crippen LogP contribution is 2.15. The average molecular weight is 299 g/mol. The minimum Gasteiger partial charge on any atom is -0.395 e. The third-order valence-corrected chi connectivity index (χ3v) is 4.00. The molecule has 1 aromatic heterocycles. The number of amides is 1. The van der Waals surface area contributed by atoms with E-state index in [1.54, 1.807) is 12.3 Å². The summed E-state index contributed by atoms with van der Waals surface area (Å²) in [6, 6.07) is 1.80. The van der Waals surface area contributed by atoms with Crippen molar-refractivity contribution in [2.45, 2.75) is 12.8 Å². The van der Waals surface area contributed by atoms with Crippen molar-refractivity contribution in [3.05, 3.63) is 21.9 Å². The number of aliphatic hydroxyl groups excluding tert-OH is 1. The van der Waals surface area contributed by atoms with Gasteiger partial charge in [0.05, 0.1) is 6.61 Å². The maximum Gasteiger partial charge on any atom is 0.262 e. The molecule has 1 rings (SSSR count). The molecular weight excluding hydrogens is 282 g/mol. The Balaban J connectivity index is 2.51. The molecule has 0 radical (unpaired) electrons. The van der Waals surface area contributed by atoms with Gasteiger partial charge in [0, 0.05) is 41.3 Å². The van der Waals surface area contributed by atoms with E-state index in [9.17, 15) is 9.00 Å². The number of thiophene rings is 1. The largest absolute Gasteiger partial charge is 0.395 e. The molecule has 1 heterocycles. The van der Waals surface area contributed by atoms with Gasteiger partial charge >= 0.3 is 0 Å². The number of aliphatic hydroxyl groups is 1. The summed E-state index contributed by atoms with van der Waals surface area (Å²) in [4.78, 5) is 12.5. The van der Waals surface area contributed by atoms with Gasteiger partial charge in [-0.3, -0.25) is 9.00 Å². The number of nitrogens with one attached hydrogen (secondary N) is 1. The molecule has 1 aromatic rings. The quantitative estimate of drug-likeness (QED) is 0.608. The first kappa shape index (κ1) is 15.9. The Bertz CT molecular complexity index is 499. The molecule has 1 unspecified atom stereocenters. The Labute approximate surface area is 119 Å². The maximum atomic E-state index is 11.9. The molecule has 1 atom stereocenters. The van der Waals surface area contributed by atoms with Gasteiger partial charge in [0.25, 0.3) is 5.91 Å². The molecular formula is C13H17NO3S2. The van der Waals surface area contributed by atoms with Crippen LogP contribution in [0.1, 0.15) is 28.1 Å². The van der Waals surface area contributed by atoms with Gasteiger partial charge in [-0.2, -0.15) is 0 Å². The predicted molar refractivity (Wildman–Crippen MR) is 78.8 cm³/mol. The lowest BCUT2D eigenvalue weighted by atomic mass is 10.2. The highest BCUT2D eigenvalue weighted by molar-refractivity contribution is 7.84. The van der Waals surface area contributed by atoms with Crippen LogP contribution in [0.5, 0.6) is 0 Å². The predicted octanol–water partition coefficient (Wildman–Crippen LogP) is 0.980. The van der Waals surface area contributed by atoms with E-state index in [0.717, 1.165) is 0 Å². The highest BCUT2D eigenvalue weighted by atomic mass is 32.2. The van der Waals surface area contributed by atoms with Gasteiger partial charge < -0.3 is 10.4 Å². The van der Waals surface area contributed by atoms with Crippen molar-refractivity contribution in [2.75, 3.05) is 25.2 Å². The van der Waals surface area contributed by atoms with Gasteiger partial charge in [-0.05, 0) is 17.9 Å². The van der Waals surface area contributed by atoms with E-state index < -0.39 is 10.8 Å². The number of rotatable bonds is 6. The first-order valence-electron chi connectivity index (χ1n) is 5.90. The van der Waals surface area contributed by atoms with Crippen LogP contribution in [0.25, 0.3) is 0 Å². The average Bonchev–Trinajstić information content (AvgIpc) is 2.83. The van der Waals surface area contributed by atoms with Crippen molar-refractivity contribution in [3.8, 4) is 11.8 Å². The van der Waals surface area contributed by atoms with Gasteiger partial charge in [0.2, 0.25) is 0 Å². The maximum absolute atomic E-state index is 11.9. The monoisotopic (exact) mass is 299 g/mol. The van der Waals surface area contributed by atoms with Crippen LogP contribution in [-0.2, 0) is 10.8 Å². The van der Waals surface area contributed by atoms with Crippen molar-refractivity contribution in [3.63, 3.8) is 0 Å². The van der Waals surface area contributed by atoms with Crippen LogP contribution < -0.4 is 5.32 Å². The summed E-state index contributed by atoms with van der Waals surface area (Å²) in [6.45, 7) is 0.534. The summed E-state index contributed by atoms with van der Waals surface area (Å²) in [5.41, 5.74) is 0.690. The fourth-order valence-corrected chi connectivity index (χ4v) is 2.67. The molecule has 0 aliphatic heterocycles. The Morgan fingerprint density at radius 2 is 2.37 bits per heavy atom. The lowest BCUT2D eigenvalue weighted by Crippen LogP contribution is -2.25. The Hall–Kier alpha value is -1.16. The second-order valence-corrected chi connectivity index (χ2v) is 6.30. The molecule has 0 saturated heterocycles. The van der Waals surface area contributed by atoms with Gasteiger partial charge in [-0.25, -0.2) is 0 Å². The normalized spacial score (nSPS) is 11.5. The molecule has 104 valence electrons. The van der Waals surface area contributed by atoms with Crippen molar-refractivity contribution in [1.82, 2.24) is 5.32 Å². The molecule has 0 spiro atoms. The van der Waals surface area contributed by atoms with E-state index in [-0.39, 0.29) is 12.5 Å². The Morgan fingerprint density at radius 3 is 3.05 bits per heavy atom. The third-order valence-electron chi connectivity index (χ3n) is 2.23. The minimum absolute atomic E-state index is 0.0207. The van der Waals surface area contributed by atoms with Crippen molar-refractivity contribution in [1.29, 1.82) is 0 Å². The third kappa shape index (κ3) is 6.01. The first-order chi connectivity index (χ1) is 9.15. The summed E-state index contributed by atoms with van der Waals surface area (Å²) < 4.78 is 10.9. The molecule has 1 amide bonds. The van der Waals surface area contributed by atoms with E-state index in [2.05, 4.69) is 17.2 Å². The van der Waals surface area contributed by atoms with Gasteiger partial charge in [-0.15, -0.1) is 11.3 Å². The van der Waals surface area contributed by atoms with E-state index in [1.165, 1.54) is 11.3 Å². The van der Waals surface area contributed by atoms with Crippen LogP contribution >= 0.6 is 11.3 Å². The topological polar surface area (TPSA) is 66.4 Å². The van der Waals surface area contributed by atoms with E-state index in [1.807, 2.05) is 5.38 Å². The zero-order valence-corrected chi connectivity index (χ0v) is 12.4. The Kier molecular flexibility index (Phi) is 7.41. The summed E-state index contributed by atoms with van der Waals surface area (Å²) >= 11 is 1.34.